The molecule has 1 N–H and O–H groups in total. The normalized spacial score (nSPS) is 10.2. The first kappa shape index (κ1) is 17.8. The van der Waals surface area contributed by atoms with E-state index in [9.17, 15) is 9.59 Å². The number of hydrogen-bond acceptors (Lipinski definition) is 4. The smallest absolute Gasteiger partial charge is 0.257 e. The Morgan fingerprint density at radius 2 is 1.73 bits per heavy atom. The van der Waals surface area contributed by atoms with Gasteiger partial charge in [0.25, 0.3) is 5.91 Å². The van der Waals surface area contributed by atoms with E-state index in [4.69, 9.17) is 4.74 Å². The van der Waals surface area contributed by atoms with Gasteiger partial charge in [0.2, 0.25) is 5.88 Å². The van der Waals surface area contributed by atoms with Crippen molar-refractivity contribution in [3.8, 4) is 11.6 Å². The van der Waals surface area contributed by atoms with Gasteiger partial charge in [-0.25, -0.2) is 4.98 Å². The Balaban J connectivity index is 1.65. The summed E-state index contributed by atoms with van der Waals surface area (Å²) in [5, 5.41) is 2.76. The maximum Gasteiger partial charge on any atom is 0.257 e. The lowest BCUT2D eigenvalue weighted by atomic mass is 10.1. The molecule has 6 heteroatoms. The number of rotatable bonds is 5. The van der Waals surface area contributed by atoms with Crippen LogP contribution in [0.1, 0.15) is 27.6 Å². The number of ether oxygens (including phenoxy) is 1. The molecule has 5 nitrogen and oxygen atoms in total. The van der Waals surface area contributed by atoms with Gasteiger partial charge >= 0.3 is 0 Å². The molecule has 0 radical (unpaired) electrons. The van der Waals surface area contributed by atoms with E-state index in [1.54, 1.807) is 36.4 Å². The largest absolute Gasteiger partial charge is 0.439 e. The second kappa shape index (κ2) is 7.93. The van der Waals surface area contributed by atoms with Crippen LogP contribution in [0.5, 0.6) is 11.6 Å². The summed E-state index contributed by atoms with van der Waals surface area (Å²) in [6, 6.07) is 17.4. The van der Waals surface area contributed by atoms with Gasteiger partial charge in [0.05, 0.1) is 5.56 Å². The summed E-state index contributed by atoms with van der Waals surface area (Å²) in [6.07, 6.45) is 1.45. The van der Waals surface area contributed by atoms with Crippen LogP contribution in [0.3, 0.4) is 0 Å². The number of carbonyl (C=O) groups excluding carboxylic acids is 2. The molecule has 0 aliphatic heterocycles. The Hall–Kier alpha value is -2.99. The van der Waals surface area contributed by atoms with Crippen molar-refractivity contribution in [1.29, 1.82) is 0 Å². The van der Waals surface area contributed by atoms with Crippen molar-refractivity contribution < 1.29 is 14.3 Å². The van der Waals surface area contributed by atoms with Gasteiger partial charge in [-0.1, -0.05) is 22.0 Å². The molecule has 0 aliphatic carbocycles. The van der Waals surface area contributed by atoms with Crippen molar-refractivity contribution in [2.75, 3.05) is 5.32 Å². The van der Waals surface area contributed by atoms with Gasteiger partial charge in [0.15, 0.2) is 5.78 Å². The van der Waals surface area contributed by atoms with Crippen LogP contribution >= 0.6 is 15.9 Å². The molecule has 0 unspecified atom stereocenters. The minimum absolute atomic E-state index is 0.0203. The van der Waals surface area contributed by atoms with Crippen molar-refractivity contribution in [3.63, 3.8) is 0 Å². The van der Waals surface area contributed by atoms with Gasteiger partial charge in [0, 0.05) is 28.0 Å². The first-order valence-corrected chi connectivity index (χ1v) is 8.62. The van der Waals surface area contributed by atoms with E-state index in [1.165, 1.54) is 13.1 Å². The van der Waals surface area contributed by atoms with Crippen LogP contribution in [0.2, 0.25) is 0 Å². The van der Waals surface area contributed by atoms with Gasteiger partial charge in [-0.3, -0.25) is 9.59 Å². The van der Waals surface area contributed by atoms with Gasteiger partial charge in [-0.05, 0) is 55.5 Å². The zero-order valence-electron chi connectivity index (χ0n) is 13.9. The molecule has 130 valence electrons. The molecular weight excluding hydrogens is 396 g/mol. The lowest BCUT2D eigenvalue weighted by Crippen LogP contribution is -2.12. The van der Waals surface area contributed by atoms with E-state index in [2.05, 4.69) is 26.2 Å². The number of halogens is 1. The number of pyridine rings is 1. The number of nitrogens with zero attached hydrogens (tertiary/aromatic N) is 1. The Kier molecular flexibility index (Phi) is 5.43. The van der Waals surface area contributed by atoms with Gasteiger partial charge < -0.3 is 10.1 Å². The molecule has 0 spiro atoms. The molecule has 1 aromatic heterocycles. The first-order chi connectivity index (χ1) is 12.5. The molecule has 0 bridgehead atoms. The second-order valence-electron chi connectivity index (χ2n) is 5.53. The number of benzene rings is 2. The predicted molar refractivity (Wildman–Crippen MR) is 103 cm³/mol. The second-order valence-corrected chi connectivity index (χ2v) is 6.45. The quantitative estimate of drug-likeness (QED) is 0.594. The highest BCUT2D eigenvalue weighted by atomic mass is 79.9. The topological polar surface area (TPSA) is 68.3 Å². The molecule has 1 heterocycles. The minimum atomic E-state index is -0.290. The fourth-order valence-electron chi connectivity index (χ4n) is 2.22. The van der Waals surface area contributed by atoms with Crippen molar-refractivity contribution >= 4 is 33.3 Å². The van der Waals surface area contributed by atoms with Crippen LogP contribution in [0.4, 0.5) is 5.69 Å². The Morgan fingerprint density at radius 3 is 2.35 bits per heavy atom. The number of Topliss-reactive ketones (excluding diaryl/α,β-unsaturated/α-hetero) is 1. The number of anilines is 1. The number of carbonyl (C=O) groups is 2. The first-order valence-electron chi connectivity index (χ1n) is 7.83. The average Bonchev–Trinajstić information content (AvgIpc) is 2.63. The van der Waals surface area contributed by atoms with Gasteiger partial charge in [-0.2, -0.15) is 0 Å². The van der Waals surface area contributed by atoms with Crippen molar-refractivity contribution in [2.45, 2.75) is 6.92 Å². The lowest BCUT2D eigenvalue weighted by molar-refractivity contribution is 0.101. The van der Waals surface area contributed by atoms with Crippen molar-refractivity contribution in [3.05, 3.63) is 82.5 Å². The number of nitrogens with one attached hydrogen (secondary N) is 1. The summed E-state index contributed by atoms with van der Waals surface area (Å²) in [7, 11) is 0. The molecular formula is C20H15BrN2O3. The molecule has 0 aliphatic rings. The molecule has 1 amide bonds. The van der Waals surface area contributed by atoms with E-state index in [-0.39, 0.29) is 11.7 Å². The van der Waals surface area contributed by atoms with Crippen LogP contribution in [0, 0.1) is 0 Å². The number of hydrogen-bond donors (Lipinski definition) is 1. The fourth-order valence-corrected chi connectivity index (χ4v) is 2.60. The predicted octanol–water partition coefficient (Wildman–Crippen LogP) is 5.09. The lowest BCUT2D eigenvalue weighted by Gasteiger charge is -2.07. The highest BCUT2D eigenvalue weighted by molar-refractivity contribution is 9.10. The zero-order valence-corrected chi connectivity index (χ0v) is 15.5. The Bertz CT molecular complexity index is 938. The van der Waals surface area contributed by atoms with Gasteiger partial charge in [0.1, 0.15) is 5.75 Å². The molecule has 3 aromatic rings. The number of ketones is 1. The van der Waals surface area contributed by atoms with Crippen molar-refractivity contribution in [1.82, 2.24) is 4.98 Å². The Labute approximate surface area is 159 Å². The maximum absolute atomic E-state index is 12.3. The SMILES string of the molecule is CC(=O)c1ccc(NC(=O)c2ccc(Oc3cccc(Br)c3)nc2)cc1. The molecule has 26 heavy (non-hydrogen) atoms. The van der Waals surface area contributed by atoms with E-state index in [0.29, 0.717) is 28.4 Å². The third-order valence-electron chi connectivity index (χ3n) is 3.57. The molecule has 0 atom stereocenters. The van der Waals surface area contributed by atoms with Crippen LogP contribution in [-0.2, 0) is 0 Å². The summed E-state index contributed by atoms with van der Waals surface area (Å²) < 4.78 is 6.55. The highest BCUT2D eigenvalue weighted by Gasteiger charge is 2.08. The summed E-state index contributed by atoms with van der Waals surface area (Å²) >= 11 is 3.38. The molecule has 0 saturated heterocycles. The third-order valence-corrected chi connectivity index (χ3v) is 4.06. The molecule has 0 fully saturated rings. The Morgan fingerprint density at radius 1 is 1.00 bits per heavy atom. The highest BCUT2D eigenvalue weighted by Crippen LogP contribution is 2.23. The minimum Gasteiger partial charge on any atom is -0.439 e. The zero-order chi connectivity index (χ0) is 18.5. The fraction of sp³-hybridized carbons (Fsp3) is 0.0500. The van der Waals surface area contributed by atoms with E-state index in [1.807, 2.05) is 24.3 Å². The van der Waals surface area contributed by atoms with E-state index >= 15 is 0 Å². The van der Waals surface area contributed by atoms with E-state index in [0.717, 1.165) is 4.47 Å². The molecule has 0 saturated carbocycles. The van der Waals surface area contributed by atoms with Crippen LogP contribution in [0.25, 0.3) is 0 Å². The third kappa shape index (κ3) is 4.55. The summed E-state index contributed by atoms with van der Waals surface area (Å²) in [5.41, 5.74) is 1.61. The van der Waals surface area contributed by atoms with Crippen LogP contribution in [0.15, 0.2) is 71.3 Å². The summed E-state index contributed by atoms with van der Waals surface area (Å²) in [6.45, 7) is 1.50. The monoisotopic (exact) mass is 410 g/mol. The van der Waals surface area contributed by atoms with Crippen molar-refractivity contribution in [2.24, 2.45) is 0 Å². The number of amides is 1. The average molecular weight is 411 g/mol. The van der Waals surface area contributed by atoms with Gasteiger partial charge in [-0.15, -0.1) is 0 Å². The molecule has 2 aromatic carbocycles. The standard InChI is InChI=1S/C20H15BrN2O3/c1-13(24)14-5-8-17(9-6-14)23-20(25)15-7-10-19(22-12-15)26-18-4-2-3-16(21)11-18/h2-12H,1H3,(H,23,25). The maximum atomic E-state index is 12.3. The number of aromatic nitrogens is 1. The van der Waals surface area contributed by atoms with Crippen LogP contribution in [-0.4, -0.2) is 16.7 Å². The van der Waals surface area contributed by atoms with E-state index < -0.39 is 0 Å². The summed E-state index contributed by atoms with van der Waals surface area (Å²) in [4.78, 5) is 27.7. The summed E-state index contributed by atoms with van der Waals surface area (Å²) in [5.74, 6) is 0.732. The van der Waals surface area contributed by atoms with Crippen LogP contribution < -0.4 is 10.1 Å². The molecule has 3 rings (SSSR count).